The summed E-state index contributed by atoms with van der Waals surface area (Å²) in [4.78, 5) is 2.50. The van der Waals surface area contributed by atoms with Crippen LogP contribution in [0.1, 0.15) is 18.7 Å². The van der Waals surface area contributed by atoms with Crippen molar-refractivity contribution in [3.8, 4) is 10.4 Å². The Balaban J connectivity index is 2.40. The second kappa shape index (κ2) is 4.81. The summed E-state index contributed by atoms with van der Waals surface area (Å²) >= 11 is 7.97. The molecular weight excluding hydrogens is 250 g/mol. The highest BCUT2D eigenvalue weighted by molar-refractivity contribution is 7.15. The van der Waals surface area contributed by atoms with Crippen LogP contribution in [0.5, 0.6) is 0 Å². The number of halogens is 1. The Morgan fingerprint density at radius 2 is 1.88 bits per heavy atom. The Hall–Kier alpha value is -0.830. The molecule has 1 heterocycles. The molecule has 2 N–H and O–H groups in total. The minimum Gasteiger partial charge on any atom is -0.330 e. The monoisotopic (exact) mass is 265 g/mol. The van der Waals surface area contributed by atoms with Gasteiger partial charge in [-0.25, -0.2) is 0 Å². The molecule has 0 unspecified atom stereocenters. The molecule has 0 fully saturated rings. The van der Waals surface area contributed by atoms with Crippen LogP contribution >= 0.6 is 22.9 Å². The fourth-order valence-corrected chi connectivity index (χ4v) is 3.06. The van der Waals surface area contributed by atoms with Crippen LogP contribution in [0.3, 0.4) is 0 Å². The van der Waals surface area contributed by atoms with Crippen LogP contribution in [-0.4, -0.2) is 6.54 Å². The molecule has 0 aliphatic carbocycles. The van der Waals surface area contributed by atoms with E-state index in [1.54, 1.807) is 11.3 Å². The molecule has 0 atom stereocenters. The maximum Gasteiger partial charge on any atom is 0.0492 e. The van der Waals surface area contributed by atoms with Crippen LogP contribution < -0.4 is 5.73 Å². The standard InChI is InChI=1S/C14H16ClNS/c1-14(2,9-16)13-8-7-12(17-13)10-5-3-4-6-11(10)15/h3-8H,9,16H2,1-2H3. The van der Waals surface area contributed by atoms with Crippen LogP contribution in [0.15, 0.2) is 36.4 Å². The fraction of sp³-hybridized carbons (Fsp3) is 0.286. The zero-order valence-electron chi connectivity index (χ0n) is 10.0. The van der Waals surface area contributed by atoms with Gasteiger partial charge in [-0.3, -0.25) is 0 Å². The molecule has 2 rings (SSSR count). The van der Waals surface area contributed by atoms with E-state index in [2.05, 4.69) is 26.0 Å². The van der Waals surface area contributed by atoms with Crippen molar-refractivity contribution in [1.82, 2.24) is 0 Å². The van der Waals surface area contributed by atoms with Crippen molar-refractivity contribution in [2.45, 2.75) is 19.3 Å². The van der Waals surface area contributed by atoms with Gasteiger partial charge in [0, 0.05) is 32.3 Å². The topological polar surface area (TPSA) is 26.0 Å². The predicted molar refractivity (Wildman–Crippen MR) is 76.8 cm³/mol. The van der Waals surface area contributed by atoms with Gasteiger partial charge in [-0.05, 0) is 18.2 Å². The molecule has 17 heavy (non-hydrogen) atoms. The fourth-order valence-electron chi connectivity index (χ4n) is 1.61. The van der Waals surface area contributed by atoms with Crippen LogP contribution in [0, 0.1) is 0 Å². The molecule has 0 bridgehead atoms. The first-order chi connectivity index (χ1) is 8.04. The van der Waals surface area contributed by atoms with E-state index in [1.807, 2.05) is 24.3 Å². The summed E-state index contributed by atoms with van der Waals surface area (Å²) in [6.07, 6.45) is 0. The van der Waals surface area contributed by atoms with E-state index < -0.39 is 0 Å². The highest BCUT2D eigenvalue weighted by Crippen LogP contribution is 2.37. The maximum atomic E-state index is 6.20. The zero-order chi connectivity index (χ0) is 12.5. The summed E-state index contributed by atoms with van der Waals surface area (Å²) in [6, 6.07) is 12.2. The third-order valence-electron chi connectivity index (χ3n) is 2.92. The Labute approximate surface area is 111 Å². The van der Waals surface area contributed by atoms with E-state index in [-0.39, 0.29) is 5.41 Å². The lowest BCUT2D eigenvalue weighted by Gasteiger charge is -2.20. The van der Waals surface area contributed by atoms with Crippen molar-refractivity contribution in [1.29, 1.82) is 0 Å². The van der Waals surface area contributed by atoms with Gasteiger partial charge in [0.15, 0.2) is 0 Å². The van der Waals surface area contributed by atoms with Gasteiger partial charge in [-0.15, -0.1) is 11.3 Å². The van der Waals surface area contributed by atoms with Gasteiger partial charge in [-0.1, -0.05) is 43.6 Å². The van der Waals surface area contributed by atoms with Crippen LogP contribution in [-0.2, 0) is 5.41 Å². The van der Waals surface area contributed by atoms with Crippen molar-refractivity contribution < 1.29 is 0 Å². The SMILES string of the molecule is CC(C)(CN)c1ccc(-c2ccccc2Cl)s1. The normalized spacial score (nSPS) is 11.8. The molecule has 0 aliphatic rings. The van der Waals surface area contributed by atoms with Gasteiger partial charge in [0.1, 0.15) is 0 Å². The zero-order valence-corrected chi connectivity index (χ0v) is 11.6. The second-order valence-corrected chi connectivity index (χ2v) is 6.22. The van der Waals surface area contributed by atoms with Crippen LogP contribution in [0.4, 0.5) is 0 Å². The number of hydrogen-bond donors (Lipinski definition) is 1. The molecular formula is C14H16ClNS. The lowest BCUT2D eigenvalue weighted by atomic mass is 9.92. The molecule has 1 nitrogen and oxygen atoms in total. The summed E-state index contributed by atoms with van der Waals surface area (Å²) in [5, 5.41) is 0.798. The molecule has 90 valence electrons. The molecule has 0 spiro atoms. The first-order valence-corrected chi connectivity index (χ1v) is 6.79. The van der Waals surface area contributed by atoms with Crippen molar-refractivity contribution in [2.24, 2.45) is 5.73 Å². The lowest BCUT2D eigenvalue weighted by molar-refractivity contribution is 0.550. The number of rotatable bonds is 3. The van der Waals surface area contributed by atoms with Crippen molar-refractivity contribution >= 4 is 22.9 Å². The highest BCUT2D eigenvalue weighted by atomic mass is 35.5. The Morgan fingerprint density at radius 1 is 1.18 bits per heavy atom. The third kappa shape index (κ3) is 2.54. The van der Waals surface area contributed by atoms with Crippen LogP contribution in [0.2, 0.25) is 5.02 Å². The molecule has 0 aliphatic heterocycles. The molecule has 2 aromatic rings. The Kier molecular flexibility index (Phi) is 3.57. The molecule has 1 aromatic carbocycles. The van der Waals surface area contributed by atoms with Gasteiger partial charge >= 0.3 is 0 Å². The quantitative estimate of drug-likeness (QED) is 0.880. The van der Waals surface area contributed by atoms with Gasteiger partial charge in [0.05, 0.1) is 0 Å². The number of nitrogens with two attached hydrogens (primary N) is 1. The van der Waals surface area contributed by atoms with Gasteiger partial charge in [-0.2, -0.15) is 0 Å². The first kappa shape index (κ1) is 12.6. The Bertz CT molecular complexity index is 516. The van der Waals surface area contributed by atoms with Crippen molar-refractivity contribution in [2.75, 3.05) is 6.54 Å². The van der Waals surface area contributed by atoms with Gasteiger partial charge < -0.3 is 5.73 Å². The summed E-state index contributed by atoms with van der Waals surface area (Å²) < 4.78 is 0. The highest BCUT2D eigenvalue weighted by Gasteiger charge is 2.21. The van der Waals surface area contributed by atoms with Crippen LogP contribution in [0.25, 0.3) is 10.4 Å². The largest absolute Gasteiger partial charge is 0.330 e. The molecule has 0 amide bonds. The second-order valence-electron chi connectivity index (χ2n) is 4.73. The summed E-state index contributed by atoms with van der Waals surface area (Å²) in [6.45, 7) is 4.97. The lowest BCUT2D eigenvalue weighted by Crippen LogP contribution is -2.26. The molecule has 0 saturated carbocycles. The molecule has 3 heteroatoms. The predicted octanol–water partition coefficient (Wildman–Crippen LogP) is 4.30. The van der Waals surface area contributed by atoms with E-state index in [0.29, 0.717) is 6.54 Å². The average Bonchev–Trinajstić information content (AvgIpc) is 2.79. The van der Waals surface area contributed by atoms with E-state index >= 15 is 0 Å². The van der Waals surface area contributed by atoms with Gasteiger partial charge in [0.25, 0.3) is 0 Å². The van der Waals surface area contributed by atoms with E-state index in [4.69, 9.17) is 17.3 Å². The summed E-state index contributed by atoms with van der Waals surface area (Å²) in [5.74, 6) is 0. The van der Waals surface area contributed by atoms with E-state index in [9.17, 15) is 0 Å². The smallest absolute Gasteiger partial charge is 0.0492 e. The molecule has 1 aromatic heterocycles. The summed E-state index contributed by atoms with van der Waals surface area (Å²) in [7, 11) is 0. The minimum absolute atomic E-state index is 0.0319. The van der Waals surface area contributed by atoms with E-state index in [0.717, 1.165) is 10.6 Å². The molecule has 0 saturated heterocycles. The molecule has 0 radical (unpaired) electrons. The Morgan fingerprint density at radius 3 is 2.53 bits per heavy atom. The number of thiophene rings is 1. The van der Waals surface area contributed by atoms with Crippen molar-refractivity contribution in [3.05, 3.63) is 46.3 Å². The number of hydrogen-bond acceptors (Lipinski definition) is 2. The van der Waals surface area contributed by atoms with Gasteiger partial charge in [0.2, 0.25) is 0 Å². The third-order valence-corrected chi connectivity index (χ3v) is 4.74. The number of benzene rings is 1. The minimum atomic E-state index is 0.0319. The van der Waals surface area contributed by atoms with Crippen molar-refractivity contribution in [3.63, 3.8) is 0 Å². The average molecular weight is 266 g/mol. The van der Waals surface area contributed by atoms with E-state index in [1.165, 1.54) is 9.75 Å². The maximum absolute atomic E-state index is 6.20. The summed E-state index contributed by atoms with van der Waals surface area (Å²) in [5.41, 5.74) is 6.92. The first-order valence-electron chi connectivity index (χ1n) is 5.60.